The summed E-state index contributed by atoms with van der Waals surface area (Å²) in [6.07, 6.45) is 1.93. The molecule has 6 heteroatoms. The molecule has 4 heterocycles. The van der Waals surface area contributed by atoms with Gasteiger partial charge < -0.3 is 4.42 Å². The van der Waals surface area contributed by atoms with Crippen molar-refractivity contribution >= 4 is 32.8 Å². The molecule has 0 fully saturated rings. The fraction of sp³-hybridized carbons (Fsp3) is 0. The number of pyridine rings is 2. The van der Waals surface area contributed by atoms with Gasteiger partial charge in [0.2, 0.25) is 0 Å². The largest absolute Gasteiger partial charge is 0.454 e. The average molecular weight is 604 g/mol. The first-order valence-corrected chi connectivity index (χ1v) is 15.4. The van der Waals surface area contributed by atoms with Crippen molar-refractivity contribution in [1.29, 1.82) is 0 Å². The van der Waals surface area contributed by atoms with E-state index in [4.69, 9.17) is 29.3 Å². The van der Waals surface area contributed by atoms with Gasteiger partial charge >= 0.3 is 0 Å². The predicted molar refractivity (Wildman–Crippen MR) is 187 cm³/mol. The lowest BCUT2D eigenvalue weighted by molar-refractivity contribution is 0.668. The van der Waals surface area contributed by atoms with Crippen molar-refractivity contribution in [1.82, 2.24) is 24.9 Å². The van der Waals surface area contributed by atoms with Gasteiger partial charge in [-0.3, -0.25) is 0 Å². The number of hydrogen-bond donors (Lipinski definition) is 0. The quantitative estimate of drug-likeness (QED) is 0.195. The van der Waals surface area contributed by atoms with Gasteiger partial charge in [0.25, 0.3) is 0 Å². The summed E-state index contributed by atoms with van der Waals surface area (Å²) in [5.74, 6) is 1.87. The van der Waals surface area contributed by atoms with Crippen LogP contribution in [0.25, 0.3) is 89.5 Å². The molecule has 0 radical (unpaired) electrons. The highest BCUT2D eigenvalue weighted by Gasteiger charge is 2.20. The zero-order valence-electron chi connectivity index (χ0n) is 25.1. The minimum atomic E-state index is 0.610. The van der Waals surface area contributed by atoms with Crippen molar-refractivity contribution in [3.8, 4) is 56.7 Å². The lowest BCUT2D eigenvalue weighted by Crippen LogP contribution is -2.00. The molecule has 5 aromatic carbocycles. The van der Waals surface area contributed by atoms with E-state index < -0.39 is 0 Å². The Labute approximate surface area is 270 Å². The zero-order chi connectivity index (χ0) is 31.2. The number of aromatic nitrogens is 5. The minimum Gasteiger partial charge on any atom is -0.454 e. The first kappa shape index (κ1) is 26.8. The summed E-state index contributed by atoms with van der Waals surface area (Å²) in [4.78, 5) is 24.5. The standard InChI is InChI=1S/C41H25N5O/c1-3-12-28(13-4-1)39-44-40(29-14-5-2-6-15-29)46-41(45-39)30-21-19-26(20-22-30)32-25-42-37(34-24-23-27-11-7-9-17-33(27)43-34)38-36(32)31-16-8-10-18-35(31)47-38/h1-25H. The van der Waals surface area contributed by atoms with E-state index in [0.717, 1.165) is 66.5 Å². The van der Waals surface area contributed by atoms with E-state index in [1.54, 1.807) is 0 Å². The van der Waals surface area contributed by atoms with E-state index in [-0.39, 0.29) is 0 Å². The van der Waals surface area contributed by atoms with Gasteiger partial charge in [-0.15, -0.1) is 0 Å². The van der Waals surface area contributed by atoms with E-state index >= 15 is 0 Å². The first-order valence-electron chi connectivity index (χ1n) is 15.4. The topological polar surface area (TPSA) is 77.6 Å². The van der Waals surface area contributed by atoms with Gasteiger partial charge in [0.05, 0.1) is 11.2 Å². The molecular weight excluding hydrogens is 578 g/mol. The van der Waals surface area contributed by atoms with Gasteiger partial charge in [-0.1, -0.05) is 127 Å². The summed E-state index contributed by atoms with van der Waals surface area (Å²) < 4.78 is 6.49. The molecule has 4 aromatic heterocycles. The van der Waals surface area contributed by atoms with Crippen molar-refractivity contribution < 1.29 is 4.42 Å². The Morgan fingerprint density at radius 2 is 1.02 bits per heavy atom. The molecule has 0 amide bonds. The molecule has 0 aliphatic heterocycles. The van der Waals surface area contributed by atoms with Crippen LogP contribution in [0.15, 0.2) is 156 Å². The van der Waals surface area contributed by atoms with Crippen molar-refractivity contribution in [3.05, 3.63) is 152 Å². The third kappa shape index (κ3) is 4.80. The Kier molecular flexibility index (Phi) is 6.35. The van der Waals surface area contributed by atoms with E-state index in [1.807, 2.05) is 109 Å². The van der Waals surface area contributed by atoms with E-state index in [1.165, 1.54) is 0 Å². The highest BCUT2D eigenvalue weighted by Crippen LogP contribution is 2.40. The Bertz CT molecular complexity index is 2500. The first-order chi connectivity index (χ1) is 23.3. The van der Waals surface area contributed by atoms with Gasteiger partial charge in [0.1, 0.15) is 11.3 Å². The van der Waals surface area contributed by atoms with E-state index in [0.29, 0.717) is 23.1 Å². The van der Waals surface area contributed by atoms with Gasteiger partial charge in [0, 0.05) is 44.6 Å². The molecule has 0 aliphatic carbocycles. The lowest BCUT2D eigenvalue weighted by atomic mass is 9.99. The number of rotatable bonds is 5. The van der Waals surface area contributed by atoms with Crippen LogP contribution >= 0.6 is 0 Å². The number of hydrogen-bond acceptors (Lipinski definition) is 6. The summed E-state index contributed by atoms with van der Waals surface area (Å²) in [5.41, 5.74) is 8.68. The average Bonchev–Trinajstić information content (AvgIpc) is 3.55. The van der Waals surface area contributed by atoms with Crippen LogP contribution < -0.4 is 0 Å². The van der Waals surface area contributed by atoms with Crippen molar-refractivity contribution in [2.75, 3.05) is 0 Å². The van der Waals surface area contributed by atoms with Crippen LogP contribution in [0.1, 0.15) is 0 Å². The summed E-state index contributed by atoms with van der Waals surface area (Å²) in [5, 5.41) is 3.12. The van der Waals surface area contributed by atoms with Gasteiger partial charge in [-0.25, -0.2) is 24.9 Å². The zero-order valence-corrected chi connectivity index (χ0v) is 25.1. The Morgan fingerprint density at radius 1 is 0.447 bits per heavy atom. The molecule has 220 valence electrons. The number of furan rings is 1. The van der Waals surface area contributed by atoms with Gasteiger partial charge in [0.15, 0.2) is 23.1 Å². The molecule has 0 spiro atoms. The number of fused-ring (bicyclic) bond motifs is 4. The summed E-state index contributed by atoms with van der Waals surface area (Å²) >= 11 is 0. The molecule has 0 atom stereocenters. The Hall–Kier alpha value is -6.53. The second-order valence-electron chi connectivity index (χ2n) is 11.3. The number of benzene rings is 5. The van der Waals surface area contributed by atoms with Crippen LogP contribution in [0, 0.1) is 0 Å². The molecule has 0 saturated carbocycles. The molecular formula is C41H25N5O. The van der Waals surface area contributed by atoms with Crippen molar-refractivity contribution in [2.45, 2.75) is 0 Å². The van der Waals surface area contributed by atoms with Gasteiger partial charge in [-0.2, -0.15) is 0 Å². The van der Waals surface area contributed by atoms with Crippen molar-refractivity contribution in [3.63, 3.8) is 0 Å². The summed E-state index contributed by atoms with van der Waals surface area (Å²) in [7, 11) is 0. The number of para-hydroxylation sites is 2. The third-order valence-electron chi connectivity index (χ3n) is 8.40. The lowest BCUT2D eigenvalue weighted by Gasteiger charge is -2.10. The molecule has 0 N–H and O–H groups in total. The van der Waals surface area contributed by atoms with Crippen LogP contribution in [-0.2, 0) is 0 Å². The molecule has 0 aliphatic rings. The van der Waals surface area contributed by atoms with Crippen LogP contribution in [0.3, 0.4) is 0 Å². The molecule has 0 bridgehead atoms. The highest BCUT2D eigenvalue weighted by molar-refractivity contribution is 6.15. The Balaban J connectivity index is 1.17. The monoisotopic (exact) mass is 603 g/mol. The van der Waals surface area contributed by atoms with E-state index in [2.05, 4.69) is 42.5 Å². The molecule has 9 aromatic rings. The molecule has 6 nitrogen and oxygen atoms in total. The van der Waals surface area contributed by atoms with Crippen LogP contribution in [0.4, 0.5) is 0 Å². The predicted octanol–water partition coefficient (Wildman–Crippen LogP) is 10.0. The minimum absolute atomic E-state index is 0.610. The second-order valence-corrected chi connectivity index (χ2v) is 11.3. The number of nitrogens with zero attached hydrogens (tertiary/aromatic N) is 5. The fourth-order valence-electron chi connectivity index (χ4n) is 6.07. The summed E-state index contributed by atoms with van der Waals surface area (Å²) in [6.45, 7) is 0. The van der Waals surface area contributed by atoms with Crippen LogP contribution in [0.5, 0.6) is 0 Å². The van der Waals surface area contributed by atoms with Crippen LogP contribution in [0.2, 0.25) is 0 Å². The highest BCUT2D eigenvalue weighted by atomic mass is 16.3. The Morgan fingerprint density at radius 3 is 1.72 bits per heavy atom. The van der Waals surface area contributed by atoms with Gasteiger partial charge in [-0.05, 0) is 23.8 Å². The molecule has 47 heavy (non-hydrogen) atoms. The van der Waals surface area contributed by atoms with E-state index in [9.17, 15) is 0 Å². The second kappa shape index (κ2) is 11.1. The molecule has 9 rings (SSSR count). The maximum absolute atomic E-state index is 6.49. The smallest absolute Gasteiger partial charge is 0.164 e. The third-order valence-corrected chi connectivity index (χ3v) is 8.40. The van der Waals surface area contributed by atoms with Crippen LogP contribution in [-0.4, -0.2) is 24.9 Å². The summed E-state index contributed by atoms with van der Waals surface area (Å²) in [6, 6.07) is 48.6. The fourth-order valence-corrected chi connectivity index (χ4v) is 6.07. The normalized spacial score (nSPS) is 11.4. The maximum atomic E-state index is 6.49. The molecule has 0 unspecified atom stereocenters. The molecule has 0 saturated heterocycles. The van der Waals surface area contributed by atoms with Crippen molar-refractivity contribution in [2.24, 2.45) is 0 Å². The SMILES string of the molecule is c1ccc(-c2nc(-c3ccccc3)nc(-c3ccc(-c4cnc(-c5ccc6ccccc6n5)c5oc6ccccc6c45)cc3)n2)cc1. The maximum Gasteiger partial charge on any atom is 0.164 e.